The molecule has 0 atom stereocenters. The second-order valence-corrected chi connectivity index (χ2v) is 6.85. The Balaban J connectivity index is 1.37. The summed E-state index contributed by atoms with van der Waals surface area (Å²) in [6.45, 7) is 1.59. The summed E-state index contributed by atoms with van der Waals surface area (Å²) in [7, 11) is 0. The Morgan fingerprint density at radius 1 is 1.08 bits per heavy atom. The van der Waals surface area contributed by atoms with E-state index in [9.17, 15) is 4.79 Å². The summed E-state index contributed by atoms with van der Waals surface area (Å²) in [6, 6.07) is 9.83. The molecular weight excluding hydrogens is 338 g/mol. The number of ether oxygens (including phenoxy) is 2. The van der Waals surface area contributed by atoms with Crippen LogP contribution in [-0.4, -0.2) is 25.7 Å². The minimum Gasteiger partial charge on any atom is -0.486 e. The Labute approximate surface area is 152 Å². The third-order valence-corrected chi connectivity index (χ3v) is 5.00. The highest BCUT2D eigenvalue weighted by molar-refractivity contribution is 6.32. The van der Waals surface area contributed by atoms with Gasteiger partial charge in [0.2, 0.25) is 0 Å². The lowest BCUT2D eigenvalue weighted by Gasteiger charge is -2.20. The maximum absolute atomic E-state index is 12.4. The van der Waals surface area contributed by atoms with E-state index in [1.165, 1.54) is 17.5 Å². The van der Waals surface area contributed by atoms with Crippen molar-refractivity contribution < 1.29 is 14.3 Å². The van der Waals surface area contributed by atoms with Crippen molar-refractivity contribution in [3.8, 4) is 11.5 Å². The average Bonchev–Trinajstić information content (AvgIpc) is 3.09. The first-order valence-electron chi connectivity index (χ1n) is 8.69. The molecule has 1 aliphatic heterocycles. The van der Waals surface area contributed by atoms with E-state index >= 15 is 0 Å². The van der Waals surface area contributed by atoms with Gasteiger partial charge in [0.25, 0.3) is 5.91 Å². The Morgan fingerprint density at radius 2 is 1.92 bits per heavy atom. The number of benzene rings is 2. The first kappa shape index (κ1) is 16.3. The molecule has 2 aromatic carbocycles. The molecule has 130 valence electrons. The highest BCUT2D eigenvalue weighted by Crippen LogP contribution is 2.38. The quantitative estimate of drug-likeness (QED) is 0.910. The third kappa shape index (κ3) is 3.45. The third-order valence-electron chi connectivity index (χ3n) is 4.72. The molecule has 0 radical (unpaired) electrons. The molecule has 0 bridgehead atoms. The number of carbonyl (C=O) groups excluding carboxylic acids is 1. The monoisotopic (exact) mass is 357 g/mol. The van der Waals surface area contributed by atoms with Crippen LogP contribution in [0.5, 0.6) is 11.5 Å². The van der Waals surface area contributed by atoms with Gasteiger partial charge in [-0.15, -0.1) is 0 Å². The molecule has 0 aromatic heterocycles. The number of rotatable bonds is 4. The summed E-state index contributed by atoms with van der Waals surface area (Å²) in [6.07, 6.45) is 4.08. The van der Waals surface area contributed by atoms with Gasteiger partial charge in [-0.3, -0.25) is 4.79 Å². The fourth-order valence-electron chi connectivity index (χ4n) is 3.44. The van der Waals surface area contributed by atoms with E-state index in [1.54, 1.807) is 0 Å². The van der Waals surface area contributed by atoms with Crippen LogP contribution in [0.15, 0.2) is 30.3 Å². The lowest BCUT2D eigenvalue weighted by molar-refractivity contribution is 0.0954. The van der Waals surface area contributed by atoms with Gasteiger partial charge in [0.1, 0.15) is 13.2 Å². The van der Waals surface area contributed by atoms with E-state index in [1.807, 2.05) is 24.3 Å². The normalized spacial score (nSPS) is 14.9. The number of amides is 1. The van der Waals surface area contributed by atoms with Gasteiger partial charge in [-0.1, -0.05) is 17.7 Å². The van der Waals surface area contributed by atoms with Gasteiger partial charge in [0, 0.05) is 12.1 Å². The van der Waals surface area contributed by atoms with Crippen molar-refractivity contribution in [3.63, 3.8) is 0 Å². The molecule has 1 amide bonds. The predicted molar refractivity (Wildman–Crippen MR) is 96.9 cm³/mol. The second-order valence-electron chi connectivity index (χ2n) is 6.44. The molecule has 2 aliphatic rings. The van der Waals surface area contributed by atoms with Crippen LogP contribution in [-0.2, 0) is 19.3 Å². The Kier molecular flexibility index (Phi) is 4.53. The number of hydrogen-bond acceptors (Lipinski definition) is 3. The molecule has 0 spiro atoms. The number of halogens is 1. The molecule has 5 heteroatoms. The number of fused-ring (bicyclic) bond motifs is 2. The number of nitrogens with one attached hydrogen (secondary N) is 1. The van der Waals surface area contributed by atoms with Gasteiger partial charge >= 0.3 is 0 Å². The van der Waals surface area contributed by atoms with Crippen molar-refractivity contribution >= 4 is 17.5 Å². The zero-order chi connectivity index (χ0) is 17.2. The first-order valence-corrected chi connectivity index (χ1v) is 9.06. The van der Waals surface area contributed by atoms with Crippen molar-refractivity contribution in [1.82, 2.24) is 5.32 Å². The Morgan fingerprint density at radius 3 is 2.84 bits per heavy atom. The average molecular weight is 358 g/mol. The fourth-order valence-corrected chi connectivity index (χ4v) is 3.73. The molecule has 0 fully saturated rings. The molecule has 1 heterocycles. The molecule has 4 rings (SSSR count). The van der Waals surface area contributed by atoms with Crippen LogP contribution in [0.25, 0.3) is 0 Å². The lowest BCUT2D eigenvalue weighted by Crippen LogP contribution is -2.26. The van der Waals surface area contributed by atoms with Crippen LogP contribution in [0.1, 0.15) is 33.5 Å². The van der Waals surface area contributed by atoms with Gasteiger partial charge in [-0.25, -0.2) is 0 Å². The molecule has 0 saturated heterocycles. The molecule has 0 unspecified atom stereocenters. The van der Waals surface area contributed by atoms with Gasteiger partial charge in [0.05, 0.1) is 5.02 Å². The van der Waals surface area contributed by atoms with Crippen molar-refractivity contribution in [2.24, 2.45) is 0 Å². The summed E-state index contributed by atoms with van der Waals surface area (Å²) in [5, 5.41) is 3.54. The maximum Gasteiger partial charge on any atom is 0.251 e. The Hall–Kier alpha value is -2.20. The minimum atomic E-state index is -0.0293. The van der Waals surface area contributed by atoms with E-state index in [4.69, 9.17) is 21.1 Å². The highest BCUT2D eigenvalue weighted by atomic mass is 35.5. The standard InChI is InChI=1S/C20H20ClNO3/c21-17-10-13(11-18-19(17)25-9-8-24-18)6-7-22-20(23)16-5-4-14-2-1-3-15(14)12-16/h4-5,10-12H,1-3,6-9H2,(H,22,23). The van der Waals surface area contributed by atoms with E-state index in [0.717, 1.165) is 24.0 Å². The van der Waals surface area contributed by atoms with Crippen LogP contribution < -0.4 is 14.8 Å². The maximum atomic E-state index is 12.4. The number of aryl methyl sites for hydroxylation is 2. The fraction of sp³-hybridized carbons (Fsp3) is 0.350. The van der Waals surface area contributed by atoms with Crippen LogP contribution >= 0.6 is 11.6 Å². The van der Waals surface area contributed by atoms with E-state index < -0.39 is 0 Å². The van der Waals surface area contributed by atoms with E-state index in [-0.39, 0.29) is 5.91 Å². The minimum absolute atomic E-state index is 0.0293. The first-order chi connectivity index (χ1) is 12.2. The van der Waals surface area contributed by atoms with Crippen LogP contribution in [0.4, 0.5) is 0 Å². The predicted octanol–water partition coefficient (Wildman–Crippen LogP) is 3.57. The molecule has 2 aromatic rings. The zero-order valence-corrected chi connectivity index (χ0v) is 14.7. The summed E-state index contributed by atoms with van der Waals surface area (Å²) in [5.41, 5.74) is 4.44. The zero-order valence-electron chi connectivity index (χ0n) is 13.9. The number of carbonyl (C=O) groups is 1. The van der Waals surface area contributed by atoms with Gasteiger partial charge in [-0.05, 0) is 66.6 Å². The molecule has 0 saturated carbocycles. The summed E-state index contributed by atoms with van der Waals surface area (Å²) >= 11 is 6.25. The smallest absolute Gasteiger partial charge is 0.251 e. The van der Waals surface area contributed by atoms with Gasteiger partial charge < -0.3 is 14.8 Å². The van der Waals surface area contributed by atoms with Crippen molar-refractivity contribution in [3.05, 3.63) is 57.6 Å². The topological polar surface area (TPSA) is 47.6 Å². The second kappa shape index (κ2) is 6.96. The molecule has 1 aliphatic carbocycles. The van der Waals surface area contributed by atoms with Crippen LogP contribution in [0.2, 0.25) is 5.02 Å². The highest BCUT2D eigenvalue weighted by Gasteiger charge is 2.17. The summed E-state index contributed by atoms with van der Waals surface area (Å²) in [4.78, 5) is 12.4. The molecular formula is C20H20ClNO3. The summed E-state index contributed by atoms with van der Waals surface area (Å²) in [5.74, 6) is 1.26. The van der Waals surface area contributed by atoms with Crippen LogP contribution in [0, 0.1) is 0 Å². The molecule has 4 nitrogen and oxygen atoms in total. The summed E-state index contributed by atoms with van der Waals surface area (Å²) < 4.78 is 11.1. The van der Waals surface area contributed by atoms with Gasteiger partial charge in [-0.2, -0.15) is 0 Å². The SMILES string of the molecule is O=C(NCCc1cc(Cl)c2c(c1)OCCO2)c1ccc2c(c1)CCC2. The van der Waals surface area contributed by atoms with Crippen molar-refractivity contribution in [1.29, 1.82) is 0 Å². The lowest BCUT2D eigenvalue weighted by atomic mass is 10.1. The van der Waals surface area contributed by atoms with Crippen molar-refractivity contribution in [2.75, 3.05) is 19.8 Å². The van der Waals surface area contributed by atoms with Crippen LogP contribution in [0.3, 0.4) is 0 Å². The largest absolute Gasteiger partial charge is 0.486 e. The molecule has 1 N–H and O–H groups in total. The van der Waals surface area contributed by atoms with E-state index in [0.29, 0.717) is 42.7 Å². The van der Waals surface area contributed by atoms with Crippen molar-refractivity contribution in [2.45, 2.75) is 25.7 Å². The number of hydrogen-bond donors (Lipinski definition) is 1. The molecule has 25 heavy (non-hydrogen) atoms. The van der Waals surface area contributed by atoms with E-state index in [2.05, 4.69) is 11.4 Å². The van der Waals surface area contributed by atoms with Gasteiger partial charge in [0.15, 0.2) is 11.5 Å². The Bertz CT molecular complexity index is 819.